The Morgan fingerprint density at radius 1 is 1.47 bits per heavy atom. The van der Waals surface area contributed by atoms with Crippen molar-refractivity contribution in [1.82, 2.24) is 0 Å². The first kappa shape index (κ1) is 10.7. The molecule has 0 aromatic rings. The van der Waals surface area contributed by atoms with E-state index in [0.29, 0.717) is 11.5 Å². The van der Waals surface area contributed by atoms with Gasteiger partial charge in [-0.15, -0.1) is 0 Å². The van der Waals surface area contributed by atoms with E-state index in [1.165, 1.54) is 0 Å². The van der Waals surface area contributed by atoms with Crippen LogP contribution in [0.4, 0.5) is 0 Å². The van der Waals surface area contributed by atoms with Crippen LogP contribution in [0.25, 0.3) is 0 Å². The summed E-state index contributed by atoms with van der Waals surface area (Å²) in [6.07, 6.45) is 4.02. The number of aliphatic carboxylic acids is 1. The third-order valence-corrected chi connectivity index (χ3v) is 3.16. The summed E-state index contributed by atoms with van der Waals surface area (Å²) in [6, 6.07) is 0. The Kier molecular flexibility index (Phi) is 2.38. The molecule has 2 bridgehead atoms. The number of hydrogen-bond donors (Lipinski definition) is 1. The van der Waals surface area contributed by atoms with E-state index >= 15 is 0 Å². The van der Waals surface area contributed by atoms with Crippen molar-refractivity contribution in [1.29, 1.82) is 0 Å². The number of rotatable bonds is 2. The fourth-order valence-electron chi connectivity index (χ4n) is 2.67. The number of carbonyl (C=O) groups is 1. The van der Waals surface area contributed by atoms with Gasteiger partial charge in [-0.1, -0.05) is 6.08 Å². The van der Waals surface area contributed by atoms with Crippen LogP contribution in [0, 0.1) is 11.8 Å². The van der Waals surface area contributed by atoms with Gasteiger partial charge >= 0.3 is 5.97 Å². The molecule has 0 spiro atoms. The molecule has 2 aliphatic rings. The maximum atomic E-state index is 11.0. The molecular formula is C12H18O3. The van der Waals surface area contributed by atoms with Gasteiger partial charge in [0.25, 0.3) is 0 Å². The SMILES string of the molecule is CC(C)(C)O[C@@H]1[C@H]2C=C(C(=O)O)[C@@H]1CC2. The van der Waals surface area contributed by atoms with Gasteiger partial charge in [-0.05, 0) is 33.6 Å². The third-order valence-electron chi connectivity index (χ3n) is 3.16. The molecule has 3 heteroatoms. The predicted octanol–water partition coefficient (Wildman–Crippen LogP) is 2.22. The fraction of sp³-hybridized carbons (Fsp3) is 0.750. The molecule has 0 amide bonds. The summed E-state index contributed by atoms with van der Waals surface area (Å²) in [6.45, 7) is 6.06. The molecule has 0 saturated heterocycles. The summed E-state index contributed by atoms with van der Waals surface area (Å²) < 4.78 is 5.95. The summed E-state index contributed by atoms with van der Waals surface area (Å²) in [5.41, 5.74) is 0.383. The van der Waals surface area contributed by atoms with Crippen LogP contribution in [0.1, 0.15) is 33.6 Å². The highest BCUT2D eigenvalue weighted by Gasteiger charge is 2.46. The molecule has 1 N–H and O–H groups in total. The van der Waals surface area contributed by atoms with Crippen LogP contribution in [0.5, 0.6) is 0 Å². The summed E-state index contributed by atoms with van der Waals surface area (Å²) in [5, 5.41) is 9.03. The first-order valence-corrected chi connectivity index (χ1v) is 5.51. The van der Waals surface area contributed by atoms with Gasteiger partial charge in [0, 0.05) is 17.4 Å². The second-order valence-corrected chi connectivity index (χ2v) is 5.47. The average Bonchev–Trinajstić information content (AvgIpc) is 2.59. The van der Waals surface area contributed by atoms with Crippen molar-refractivity contribution < 1.29 is 14.6 Å². The molecule has 2 aliphatic carbocycles. The second kappa shape index (κ2) is 3.34. The monoisotopic (exact) mass is 210 g/mol. The molecule has 0 aromatic carbocycles. The Balaban J connectivity index is 2.12. The molecule has 2 rings (SSSR count). The Hall–Kier alpha value is -0.830. The summed E-state index contributed by atoms with van der Waals surface area (Å²) in [4.78, 5) is 11.0. The van der Waals surface area contributed by atoms with Crippen molar-refractivity contribution >= 4 is 5.97 Å². The zero-order valence-corrected chi connectivity index (χ0v) is 9.49. The van der Waals surface area contributed by atoms with Crippen LogP contribution in [0.3, 0.4) is 0 Å². The van der Waals surface area contributed by atoms with Crippen LogP contribution in [-0.4, -0.2) is 22.8 Å². The van der Waals surface area contributed by atoms with Crippen LogP contribution < -0.4 is 0 Å². The maximum absolute atomic E-state index is 11.0. The minimum atomic E-state index is -0.773. The molecule has 0 radical (unpaired) electrons. The molecule has 0 heterocycles. The number of hydrogen-bond acceptors (Lipinski definition) is 2. The van der Waals surface area contributed by atoms with Crippen LogP contribution >= 0.6 is 0 Å². The molecule has 3 nitrogen and oxygen atoms in total. The highest BCUT2D eigenvalue weighted by molar-refractivity contribution is 5.88. The van der Waals surface area contributed by atoms with Gasteiger partial charge in [-0.3, -0.25) is 0 Å². The van der Waals surface area contributed by atoms with Crippen molar-refractivity contribution in [2.24, 2.45) is 11.8 Å². The van der Waals surface area contributed by atoms with Crippen molar-refractivity contribution in [2.75, 3.05) is 0 Å². The number of fused-ring (bicyclic) bond motifs is 2. The van der Waals surface area contributed by atoms with E-state index in [-0.39, 0.29) is 17.6 Å². The van der Waals surface area contributed by atoms with Gasteiger partial charge in [0.15, 0.2) is 0 Å². The van der Waals surface area contributed by atoms with E-state index in [0.717, 1.165) is 12.8 Å². The predicted molar refractivity (Wildman–Crippen MR) is 56.6 cm³/mol. The minimum absolute atomic E-state index is 0.0936. The normalized spacial score (nSPS) is 34.3. The molecular weight excluding hydrogens is 192 g/mol. The van der Waals surface area contributed by atoms with Gasteiger partial charge in [0.05, 0.1) is 11.7 Å². The van der Waals surface area contributed by atoms with Gasteiger partial charge in [0.2, 0.25) is 0 Å². The van der Waals surface area contributed by atoms with Crippen molar-refractivity contribution in [3.8, 4) is 0 Å². The molecule has 1 saturated carbocycles. The van der Waals surface area contributed by atoms with E-state index in [2.05, 4.69) is 0 Å². The van der Waals surface area contributed by atoms with Gasteiger partial charge in [0.1, 0.15) is 0 Å². The lowest BCUT2D eigenvalue weighted by molar-refractivity contribution is -0.134. The van der Waals surface area contributed by atoms with Gasteiger partial charge < -0.3 is 9.84 Å². The lowest BCUT2D eigenvalue weighted by Crippen LogP contribution is -2.31. The van der Waals surface area contributed by atoms with Crippen LogP contribution in [0.15, 0.2) is 11.6 Å². The molecule has 15 heavy (non-hydrogen) atoms. The highest BCUT2D eigenvalue weighted by Crippen LogP contribution is 2.46. The lowest BCUT2D eigenvalue weighted by atomic mass is 9.98. The van der Waals surface area contributed by atoms with E-state index in [4.69, 9.17) is 9.84 Å². The van der Waals surface area contributed by atoms with Crippen molar-refractivity contribution in [2.45, 2.75) is 45.3 Å². The largest absolute Gasteiger partial charge is 0.478 e. The van der Waals surface area contributed by atoms with Crippen LogP contribution in [-0.2, 0) is 9.53 Å². The Morgan fingerprint density at radius 2 is 2.13 bits per heavy atom. The Morgan fingerprint density at radius 3 is 2.60 bits per heavy atom. The summed E-state index contributed by atoms with van der Waals surface area (Å²) in [5.74, 6) is -0.336. The number of carboxylic acid groups (broad SMARTS) is 1. The second-order valence-electron chi connectivity index (χ2n) is 5.47. The van der Waals surface area contributed by atoms with Crippen molar-refractivity contribution in [3.05, 3.63) is 11.6 Å². The lowest BCUT2D eigenvalue weighted by Gasteiger charge is -2.28. The molecule has 0 unspecified atom stereocenters. The van der Waals surface area contributed by atoms with E-state index < -0.39 is 5.97 Å². The molecule has 0 aromatic heterocycles. The van der Waals surface area contributed by atoms with E-state index in [1.54, 1.807) is 0 Å². The number of carboxylic acids is 1. The minimum Gasteiger partial charge on any atom is -0.478 e. The topological polar surface area (TPSA) is 46.5 Å². The summed E-state index contributed by atoms with van der Waals surface area (Å²) in [7, 11) is 0. The van der Waals surface area contributed by atoms with E-state index in [9.17, 15) is 4.79 Å². The van der Waals surface area contributed by atoms with Crippen LogP contribution in [0.2, 0.25) is 0 Å². The van der Waals surface area contributed by atoms with E-state index in [1.807, 2.05) is 26.8 Å². The first-order chi connectivity index (χ1) is 6.88. The van der Waals surface area contributed by atoms with Crippen molar-refractivity contribution in [3.63, 3.8) is 0 Å². The molecule has 3 atom stereocenters. The van der Waals surface area contributed by atoms with Gasteiger partial charge in [-0.25, -0.2) is 4.79 Å². The zero-order valence-electron chi connectivity index (χ0n) is 9.49. The summed E-state index contributed by atoms with van der Waals surface area (Å²) >= 11 is 0. The quantitative estimate of drug-likeness (QED) is 0.760. The Bertz CT molecular complexity index is 311. The molecule has 1 fully saturated rings. The number of ether oxygens (including phenoxy) is 1. The highest BCUT2D eigenvalue weighted by atomic mass is 16.5. The maximum Gasteiger partial charge on any atom is 0.331 e. The van der Waals surface area contributed by atoms with Gasteiger partial charge in [-0.2, -0.15) is 0 Å². The molecule has 84 valence electrons. The first-order valence-electron chi connectivity index (χ1n) is 5.51. The zero-order chi connectivity index (χ0) is 11.2. The standard InChI is InChI=1S/C12H18O3/c1-12(2,3)15-10-7-4-5-8(10)9(6-7)11(13)14/h6-8,10H,4-5H2,1-3H3,(H,13,14)/t7-,8+,10-/m1/s1. The Labute approximate surface area is 90.1 Å². The molecule has 0 aliphatic heterocycles. The average molecular weight is 210 g/mol. The third kappa shape index (κ3) is 1.93. The smallest absolute Gasteiger partial charge is 0.331 e. The fourth-order valence-corrected chi connectivity index (χ4v) is 2.67.